The molecule has 42 heavy (non-hydrogen) atoms. The topological polar surface area (TPSA) is 79.1 Å². The van der Waals surface area contributed by atoms with Gasteiger partial charge in [-0.15, -0.1) is 0 Å². The van der Waals surface area contributed by atoms with Gasteiger partial charge in [-0.05, 0) is 63.6 Å². The van der Waals surface area contributed by atoms with E-state index in [-0.39, 0.29) is 18.3 Å². The van der Waals surface area contributed by atoms with Crippen molar-refractivity contribution in [1.29, 1.82) is 0 Å². The number of nitrogens with zero attached hydrogens (tertiary/aromatic N) is 2. The molecule has 2 heterocycles. The normalized spacial score (nSPS) is 14.9. The van der Waals surface area contributed by atoms with Crippen LogP contribution >= 0.6 is 22.9 Å². The van der Waals surface area contributed by atoms with Gasteiger partial charge in [0, 0.05) is 16.1 Å². The molecule has 1 atom stereocenters. The average Bonchev–Trinajstić information content (AvgIpc) is 3.26. The molecule has 5 rings (SSSR count). The van der Waals surface area contributed by atoms with Crippen LogP contribution in [0.5, 0.6) is 11.5 Å². The quantitative estimate of drug-likeness (QED) is 0.226. The molecular formula is C33H31ClN2O5S. The van der Waals surface area contributed by atoms with Crippen LogP contribution in [-0.2, 0) is 16.1 Å². The zero-order valence-electron chi connectivity index (χ0n) is 23.8. The fraction of sp³-hybridized carbons (Fsp3) is 0.242. The van der Waals surface area contributed by atoms with Gasteiger partial charge in [0.25, 0.3) is 5.56 Å². The van der Waals surface area contributed by atoms with Crippen LogP contribution in [0.25, 0.3) is 6.08 Å². The molecule has 1 aromatic heterocycles. The number of ether oxygens (including phenoxy) is 3. The number of benzene rings is 3. The largest absolute Gasteiger partial charge is 0.491 e. The van der Waals surface area contributed by atoms with Gasteiger partial charge >= 0.3 is 5.97 Å². The second kappa shape index (κ2) is 12.8. The first kappa shape index (κ1) is 29.4. The van der Waals surface area contributed by atoms with E-state index in [0.29, 0.717) is 49.3 Å². The second-order valence-electron chi connectivity index (χ2n) is 9.96. The predicted octanol–water partition coefficient (Wildman–Crippen LogP) is 5.82. The highest BCUT2D eigenvalue weighted by Crippen LogP contribution is 2.36. The van der Waals surface area contributed by atoms with Gasteiger partial charge in [0.1, 0.15) is 24.1 Å². The number of esters is 1. The van der Waals surface area contributed by atoms with E-state index in [1.165, 1.54) is 11.3 Å². The van der Waals surface area contributed by atoms with E-state index in [0.717, 1.165) is 11.1 Å². The maximum absolute atomic E-state index is 14.1. The molecule has 1 aliphatic rings. The number of fused-ring (bicyclic) bond motifs is 1. The highest BCUT2D eigenvalue weighted by atomic mass is 35.5. The van der Waals surface area contributed by atoms with Crippen molar-refractivity contribution in [2.75, 3.05) is 6.61 Å². The number of hydrogen-bond donors (Lipinski definition) is 0. The summed E-state index contributed by atoms with van der Waals surface area (Å²) in [5.41, 5.74) is 2.93. The first-order valence-corrected chi connectivity index (χ1v) is 14.9. The van der Waals surface area contributed by atoms with Gasteiger partial charge < -0.3 is 14.2 Å². The van der Waals surface area contributed by atoms with Crippen molar-refractivity contribution in [3.05, 3.63) is 125 Å². The van der Waals surface area contributed by atoms with Crippen LogP contribution in [-0.4, -0.2) is 23.2 Å². The van der Waals surface area contributed by atoms with Gasteiger partial charge in [0.2, 0.25) is 0 Å². The summed E-state index contributed by atoms with van der Waals surface area (Å²) in [6.45, 7) is 7.92. The second-order valence-corrected chi connectivity index (χ2v) is 11.4. The van der Waals surface area contributed by atoms with Crippen LogP contribution in [0.4, 0.5) is 0 Å². The van der Waals surface area contributed by atoms with E-state index >= 15 is 0 Å². The van der Waals surface area contributed by atoms with Crippen LogP contribution in [0.2, 0.25) is 5.02 Å². The SMILES string of the molecule is CCOC(=O)C1=C(C)N=c2s/c(=C\c3ccccc3OCc3ccc(Cl)cc3)c(=O)n2[C@@H]1c1ccccc1OC(C)C. The van der Waals surface area contributed by atoms with Gasteiger partial charge in [-0.3, -0.25) is 9.36 Å². The van der Waals surface area contributed by atoms with Crippen LogP contribution < -0.4 is 24.4 Å². The summed E-state index contributed by atoms with van der Waals surface area (Å²) in [6, 6.07) is 21.7. The molecule has 9 heteroatoms. The van der Waals surface area contributed by atoms with Gasteiger partial charge in [-0.2, -0.15) is 0 Å². The Kier molecular flexibility index (Phi) is 8.94. The smallest absolute Gasteiger partial charge is 0.338 e. The lowest BCUT2D eigenvalue weighted by molar-refractivity contribution is -0.139. The van der Waals surface area contributed by atoms with Crippen molar-refractivity contribution in [1.82, 2.24) is 4.57 Å². The van der Waals surface area contributed by atoms with E-state index in [1.807, 2.05) is 86.6 Å². The third-order valence-electron chi connectivity index (χ3n) is 6.61. The van der Waals surface area contributed by atoms with Crippen molar-refractivity contribution in [3.63, 3.8) is 0 Å². The molecule has 7 nitrogen and oxygen atoms in total. The molecule has 4 aromatic rings. The number of para-hydroxylation sites is 2. The number of carbonyl (C=O) groups excluding carboxylic acids is 1. The Labute approximate surface area is 253 Å². The number of thiazole rings is 1. The molecule has 0 amide bonds. The number of hydrogen-bond acceptors (Lipinski definition) is 7. The van der Waals surface area contributed by atoms with Crippen molar-refractivity contribution in [3.8, 4) is 11.5 Å². The molecule has 0 aliphatic carbocycles. The third kappa shape index (κ3) is 6.20. The molecule has 1 aliphatic heterocycles. The summed E-state index contributed by atoms with van der Waals surface area (Å²) < 4.78 is 19.7. The Morgan fingerprint density at radius 1 is 1.05 bits per heavy atom. The van der Waals surface area contributed by atoms with E-state index in [4.69, 9.17) is 25.8 Å². The van der Waals surface area contributed by atoms with Crippen molar-refractivity contribution >= 4 is 35.0 Å². The molecule has 0 saturated carbocycles. The summed E-state index contributed by atoms with van der Waals surface area (Å²) in [4.78, 5) is 32.5. The minimum absolute atomic E-state index is 0.109. The molecule has 0 N–H and O–H groups in total. The minimum Gasteiger partial charge on any atom is -0.491 e. The average molecular weight is 603 g/mol. The highest BCUT2D eigenvalue weighted by Gasteiger charge is 2.35. The van der Waals surface area contributed by atoms with Gasteiger partial charge in [0.05, 0.1) is 28.5 Å². The standard InChI is InChI=1S/C33H31ClN2O5S/c1-5-39-32(38)29-21(4)35-33-36(30(29)25-11-7-9-13-27(25)41-20(2)3)31(37)28(42-33)18-23-10-6-8-12-26(23)40-19-22-14-16-24(34)17-15-22/h6-18,20,30H,5,19H2,1-4H3/b28-18-/t30-/m1/s1. The van der Waals surface area contributed by atoms with Crippen LogP contribution in [0, 0.1) is 0 Å². The molecule has 0 bridgehead atoms. The maximum Gasteiger partial charge on any atom is 0.338 e. The Morgan fingerprint density at radius 3 is 2.45 bits per heavy atom. The van der Waals surface area contributed by atoms with Crippen molar-refractivity contribution < 1.29 is 19.0 Å². The first-order chi connectivity index (χ1) is 20.3. The van der Waals surface area contributed by atoms with Crippen LogP contribution in [0.15, 0.2) is 93.9 Å². The molecular weight excluding hydrogens is 572 g/mol. The number of rotatable bonds is 9. The van der Waals surface area contributed by atoms with E-state index in [2.05, 4.69) is 4.99 Å². The van der Waals surface area contributed by atoms with Crippen molar-refractivity contribution in [2.24, 2.45) is 4.99 Å². The Bertz CT molecular complexity index is 1820. The Morgan fingerprint density at radius 2 is 1.74 bits per heavy atom. The third-order valence-corrected chi connectivity index (χ3v) is 7.84. The first-order valence-electron chi connectivity index (χ1n) is 13.7. The lowest BCUT2D eigenvalue weighted by atomic mass is 9.95. The van der Waals surface area contributed by atoms with E-state index < -0.39 is 12.0 Å². The Balaban J connectivity index is 1.62. The highest BCUT2D eigenvalue weighted by molar-refractivity contribution is 7.07. The maximum atomic E-state index is 14.1. The van der Waals surface area contributed by atoms with E-state index in [9.17, 15) is 9.59 Å². The number of allylic oxidation sites excluding steroid dienone is 1. The Hall–Kier alpha value is -4.14. The van der Waals surface area contributed by atoms with Crippen molar-refractivity contribution in [2.45, 2.75) is 46.4 Å². The molecule has 0 radical (unpaired) electrons. The minimum atomic E-state index is -0.770. The fourth-order valence-corrected chi connectivity index (χ4v) is 5.93. The predicted molar refractivity (Wildman–Crippen MR) is 165 cm³/mol. The zero-order valence-corrected chi connectivity index (χ0v) is 25.4. The fourth-order valence-electron chi connectivity index (χ4n) is 4.77. The monoisotopic (exact) mass is 602 g/mol. The summed E-state index contributed by atoms with van der Waals surface area (Å²) in [5.74, 6) is 0.705. The molecule has 0 saturated heterocycles. The van der Waals surface area contributed by atoms with Crippen LogP contribution in [0.3, 0.4) is 0 Å². The lowest BCUT2D eigenvalue weighted by Gasteiger charge is -2.26. The van der Waals surface area contributed by atoms with Gasteiger partial charge in [-0.25, -0.2) is 9.79 Å². The summed E-state index contributed by atoms with van der Waals surface area (Å²) in [7, 11) is 0. The molecule has 0 spiro atoms. The number of carbonyl (C=O) groups is 1. The molecule has 0 unspecified atom stereocenters. The molecule has 3 aromatic carbocycles. The number of halogens is 1. The van der Waals surface area contributed by atoms with Crippen LogP contribution in [0.1, 0.15) is 50.4 Å². The lowest BCUT2D eigenvalue weighted by Crippen LogP contribution is -2.40. The summed E-state index contributed by atoms with van der Waals surface area (Å²) in [5, 5.41) is 0.660. The summed E-state index contributed by atoms with van der Waals surface area (Å²) in [6.07, 6.45) is 1.69. The van der Waals surface area contributed by atoms with Gasteiger partial charge in [0.15, 0.2) is 4.80 Å². The van der Waals surface area contributed by atoms with Gasteiger partial charge in [-0.1, -0.05) is 71.5 Å². The van der Waals surface area contributed by atoms with E-state index in [1.54, 1.807) is 24.5 Å². The number of aromatic nitrogens is 1. The molecule has 216 valence electrons. The molecule has 0 fully saturated rings. The summed E-state index contributed by atoms with van der Waals surface area (Å²) >= 11 is 7.28. The zero-order chi connectivity index (χ0) is 29.8.